The van der Waals surface area contributed by atoms with E-state index in [0.717, 1.165) is 17.6 Å². The lowest BCUT2D eigenvalue weighted by Crippen LogP contribution is -2.48. The first-order chi connectivity index (χ1) is 15.1. The molecular weight excluding hydrogens is 457 g/mol. The maximum Gasteiger partial charge on any atom is 0.257 e. The number of pyridine rings is 1. The van der Waals surface area contributed by atoms with Crippen molar-refractivity contribution in [2.24, 2.45) is 7.05 Å². The van der Waals surface area contributed by atoms with Gasteiger partial charge in [-0.2, -0.15) is 0 Å². The third-order valence-corrected chi connectivity index (χ3v) is 5.76. The van der Waals surface area contributed by atoms with Crippen LogP contribution in [0.3, 0.4) is 0 Å². The van der Waals surface area contributed by atoms with E-state index in [1.807, 2.05) is 17.0 Å². The fraction of sp³-hybridized carbons (Fsp3) is 0.238. The molecule has 8 nitrogen and oxygen atoms in total. The van der Waals surface area contributed by atoms with Gasteiger partial charge in [0.2, 0.25) is 10.0 Å². The van der Waals surface area contributed by atoms with Crippen molar-refractivity contribution in [2.45, 2.75) is 6.17 Å². The zero-order valence-corrected chi connectivity index (χ0v) is 18.9. The lowest BCUT2D eigenvalue weighted by Gasteiger charge is -2.36. The second-order valence-corrected chi connectivity index (χ2v) is 9.87. The Labute approximate surface area is 190 Å². The molecule has 0 atom stereocenters. The van der Waals surface area contributed by atoms with E-state index in [0.29, 0.717) is 30.0 Å². The van der Waals surface area contributed by atoms with Crippen molar-refractivity contribution < 1.29 is 17.6 Å². The van der Waals surface area contributed by atoms with Crippen molar-refractivity contribution >= 4 is 44.6 Å². The third kappa shape index (κ3) is 5.03. The highest BCUT2D eigenvalue weighted by Gasteiger charge is 2.26. The summed E-state index contributed by atoms with van der Waals surface area (Å²) in [7, 11) is -1.68. The van der Waals surface area contributed by atoms with Gasteiger partial charge in [0.1, 0.15) is 6.17 Å². The number of halogens is 2. The number of amides is 1. The first kappa shape index (κ1) is 22.1. The van der Waals surface area contributed by atoms with E-state index in [-0.39, 0.29) is 16.6 Å². The Bertz CT molecular complexity index is 1270. The molecule has 0 radical (unpaired) electrons. The van der Waals surface area contributed by atoms with E-state index in [1.165, 1.54) is 18.2 Å². The summed E-state index contributed by atoms with van der Waals surface area (Å²) < 4.78 is 40.1. The Morgan fingerprint density at radius 2 is 1.91 bits per heavy atom. The zero-order valence-electron chi connectivity index (χ0n) is 17.3. The van der Waals surface area contributed by atoms with Gasteiger partial charge in [-0.15, -0.1) is 0 Å². The van der Waals surface area contributed by atoms with Crippen molar-refractivity contribution in [1.82, 2.24) is 9.55 Å². The number of carbonyl (C=O) groups is 1. The van der Waals surface area contributed by atoms with Crippen molar-refractivity contribution in [3.05, 3.63) is 59.4 Å². The number of hydrogen-bond acceptors (Lipinski definition) is 5. The SMILES string of the molecule is Cn1cc(C(=O)Nc2cc(Cl)cc(NS(C)(=O)=O)c2)cc1-c1ccc(N2CC(F)C2)cn1. The van der Waals surface area contributed by atoms with E-state index in [2.05, 4.69) is 15.0 Å². The standard InChI is InChI=1S/C21H21ClFN5O3S/c1-27-10-13(5-20(27)19-4-3-18(9-24-19)28-11-15(23)12-28)21(29)25-16-6-14(22)7-17(8-16)26-32(2,30)31/h3-10,15,26H,11-12H2,1-2H3,(H,25,29). The number of nitrogens with zero attached hydrogens (tertiary/aromatic N) is 3. The largest absolute Gasteiger partial charge is 0.364 e. The van der Waals surface area contributed by atoms with Crippen molar-refractivity contribution in [3.8, 4) is 11.4 Å². The van der Waals surface area contributed by atoms with Gasteiger partial charge in [0, 0.05) is 24.0 Å². The number of alkyl halides is 1. The molecule has 1 aliphatic heterocycles. The number of rotatable bonds is 6. The highest BCUT2D eigenvalue weighted by molar-refractivity contribution is 7.92. The molecule has 1 fully saturated rings. The van der Waals surface area contributed by atoms with Crippen LogP contribution in [0.1, 0.15) is 10.4 Å². The minimum absolute atomic E-state index is 0.245. The van der Waals surface area contributed by atoms with Gasteiger partial charge in [0.05, 0.1) is 53.9 Å². The second kappa shape index (κ2) is 8.44. The number of hydrogen-bond donors (Lipinski definition) is 2. The highest BCUT2D eigenvalue weighted by atomic mass is 35.5. The van der Waals surface area contributed by atoms with Crippen LogP contribution in [0.4, 0.5) is 21.5 Å². The average Bonchev–Trinajstić information content (AvgIpc) is 3.06. The first-order valence-corrected chi connectivity index (χ1v) is 12.0. The molecule has 0 unspecified atom stereocenters. The summed E-state index contributed by atoms with van der Waals surface area (Å²) in [5.74, 6) is -0.384. The quantitative estimate of drug-likeness (QED) is 0.566. The topological polar surface area (TPSA) is 96.3 Å². The first-order valence-electron chi connectivity index (χ1n) is 9.69. The molecule has 1 amide bonds. The van der Waals surface area contributed by atoms with E-state index >= 15 is 0 Å². The van der Waals surface area contributed by atoms with Gasteiger partial charge >= 0.3 is 0 Å². The minimum atomic E-state index is -3.49. The number of nitrogens with one attached hydrogen (secondary N) is 2. The van der Waals surface area contributed by atoms with Crippen LogP contribution in [0.2, 0.25) is 5.02 Å². The number of carbonyl (C=O) groups excluding carboxylic acids is 1. The monoisotopic (exact) mass is 477 g/mol. The van der Waals surface area contributed by atoms with Crippen molar-refractivity contribution in [3.63, 3.8) is 0 Å². The smallest absolute Gasteiger partial charge is 0.257 e. The summed E-state index contributed by atoms with van der Waals surface area (Å²) in [5, 5.41) is 3.00. The van der Waals surface area contributed by atoms with E-state index in [9.17, 15) is 17.6 Å². The Balaban J connectivity index is 1.51. The van der Waals surface area contributed by atoms with Gasteiger partial charge in [-0.3, -0.25) is 14.5 Å². The van der Waals surface area contributed by atoms with Crippen LogP contribution in [-0.2, 0) is 17.1 Å². The Hall–Kier alpha value is -3.11. The normalized spacial score (nSPS) is 14.2. The molecule has 0 saturated carbocycles. The summed E-state index contributed by atoms with van der Waals surface area (Å²) in [5.41, 5.74) is 3.26. The molecule has 11 heteroatoms. The van der Waals surface area contributed by atoms with Crippen LogP contribution in [0.15, 0.2) is 48.8 Å². The fourth-order valence-corrected chi connectivity index (χ4v) is 4.22. The number of sulfonamides is 1. The molecule has 1 aliphatic rings. The molecule has 0 bridgehead atoms. The summed E-state index contributed by atoms with van der Waals surface area (Å²) in [6, 6.07) is 9.86. The van der Waals surface area contributed by atoms with E-state index in [4.69, 9.17) is 11.6 Å². The number of benzene rings is 1. The molecule has 3 heterocycles. The van der Waals surface area contributed by atoms with Crippen LogP contribution in [0.5, 0.6) is 0 Å². The Morgan fingerprint density at radius 1 is 1.19 bits per heavy atom. The highest BCUT2D eigenvalue weighted by Crippen LogP contribution is 2.27. The molecular formula is C21H21ClFN5O3S. The maximum atomic E-state index is 13.1. The number of anilines is 3. The molecule has 2 aromatic heterocycles. The molecule has 3 aromatic rings. The maximum absolute atomic E-state index is 13.1. The second-order valence-electron chi connectivity index (χ2n) is 7.69. The average molecular weight is 478 g/mol. The summed E-state index contributed by atoms with van der Waals surface area (Å²) in [6.07, 6.45) is 3.60. The van der Waals surface area contributed by atoms with Gasteiger partial charge in [-0.1, -0.05) is 11.6 Å². The van der Waals surface area contributed by atoms with Crippen LogP contribution in [0, 0.1) is 0 Å². The molecule has 32 heavy (non-hydrogen) atoms. The van der Waals surface area contributed by atoms with Gasteiger partial charge in [0.15, 0.2) is 0 Å². The van der Waals surface area contributed by atoms with Gasteiger partial charge < -0.3 is 14.8 Å². The molecule has 0 spiro atoms. The van der Waals surface area contributed by atoms with Gasteiger partial charge in [-0.25, -0.2) is 12.8 Å². The summed E-state index contributed by atoms with van der Waals surface area (Å²) >= 11 is 6.05. The molecule has 0 aliphatic carbocycles. The molecule has 2 N–H and O–H groups in total. The van der Waals surface area contributed by atoms with Gasteiger partial charge in [0.25, 0.3) is 5.91 Å². The Kier molecular flexibility index (Phi) is 5.83. The summed E-state index contributed by atoms with van der Waals surface area (Å²) in [4.78, 5) is 19.1. The minimum Gasteiger partial charge on any atom is -0.364 e. The van der Waals surface area contributed by atoms with Crippen LogP contribution in [0.25, 0.3) is 11.4 Å². The van der Waals surface area contributed by atoms with Crippen molar-refractivity contribution in [1.29, 1.82) is 0 Å². The predicted octanol–water partition coefficient (Wildman–Crippen LogP) is 3.52. The van der Waals surface area contributed by atoms with Crippen LogP contribution in [-0.4, -0.2) is 49.4 Å². The van der Waals surface area contributed by atoms with Crippen LogP contribution < -0.4 is 14.9 Å². The summed E-state index contributed by atoms with van der Waals surface area (Å²) in [6.45, 7) is 0.751. The molecule has 4 rings (SSSR count). The van der Waals surface area contributed by atoms with Gasteiger partial charge in [-0.05, 0) is 36.4 Å². The number of aromatic nitrogens is 2. The lowest BCUT2D eigenvalue weighted by molar-refractivity contribution is 0.102. The molecule has 1 aromatic carbocycles. The van der Waals surface area contributed by atoms with Crippen LogP contribution >= 0.6 is 11.6 Å². The molecule has 1 saturated heterocycles. The predicted molar refractivity (Wildman–Crippen MR) is 124 cm³/mol. The van der Waals surface area contributed by atoms with E-state index < -0.39 is 16.2 Å². The number of aryl methyl sites for hydroxylation is 1. The third-order valence-electron chi connectivity index (χ3n) is 4.94. The Morgan fingerprint density at radius 3 is 2.53 bits per heavy atom. The zero-order chi connectivity index (χ0) is 23.0. The fourth-order valence-electron chi connectivity index (χ4n) is 3.44. The lowest BCUT2D eigenvalue weighted by atomic mass is 10.1. The van der Waals surface area contributed by atoms with E-state index in [1.54, 1.807) is 30.1 Å². The van der Waals surface area contributed by atoms with Crippen molar-refractivity contribution in [2.75, 3.05) is 34.3 Å². The molecule has 168 valence electrons.